The van der Waals surface area contributed by atoms with E-state index in [1.165, 1.54) is 29.1 Å². The van der Waals surface area contributed by atoms with E-state index in [1.54, 1.807) is 18.2 Å². The second-order valence-corrected chi connectivity index (χ2v) is 9.59. The number of hydrogen-bond donors (Lipinski definition) is 0. The highest BCUT2D eigenvalue weighted by Crippen LogP contribution is 2.31. The van der Waals surface area contributed by atoms with Gasteiger partial charge in [0.15, 0.2) is 17.2 Å². The van der Waals surface area contributed by atoms with Crippen LogP contribution in [0.5, 0.6) is 0 Å². The second-order valence-electron chi connectivity index (χ2n) is 9.59. The summed E-state index contributed by atoms with van der Waals surface area (Å²) in [5, 5.41) is 4.82. The van der Waals surface area contributed by atoms with E-state index in [4.69, 9.17) is 0 Å². The number of aromatic nitrogens is 3. The summed E-state index contributed by atoms with van der Waals surface area (Å²) in [6.07, 6.45) is -5.29. The molecule has 0 saturated carbocycles. The van der Waals surface area contributed by atoms with Crippen LogP contribution in [0.4, 0.5) is 26.3 Å². The molecule has 39 heavy (non-hydrogen) atoms. The van der Waals surface area contributed by atoms with Crippen LogP contribution in [-0.2, 0) is 23.8 Å². The maximum Gasteiger partial charge on any atom is 0.416 e. The van der Waals surface area contributed by atoms with Crippen molar-refractivity contribution < 1.29 is 35.9 Å². The van der Waals surface area contributed by atoms with Gasteiger partial charge in [0.25, 0.3) is 6.43 Å². The topological polar surface area (TPSA) is 64.8 Å². The standard InChI is InChI=1S/C28H23F6N3O2/c1-27(2,31)24(39)9-7-17-11-21(25(26(29)30)35-14-17)23(38)12-16-6-8-22-18(10-16)15-37(36-22)20-5-3-4-19(13-20)28(32,33)34/h3-6,8,10-11,13-15,26H,7,9,12H2,1-2H3. The average Bonchev–Trinajstić information content (AvgIpc) is 3.29. The van der Waals surface area contributed by atoms with Crippen LogP contribution >= 0.6 is 0 Å². The Morgan fingerprint density at radius 2 is 1.72 bits per heavy atom. The molecule has 204 valence electrons. The van der Waals surface area contributed by atoms with E-state index >= 15 is 0 Å². The molecular weight excluding hydrogens is 524 g/mol. The largest absolute Gasteiger partial charge is 0.416 e. The number of ketones is 2. The fourth-order valence-electron chi connectivity index (χ4n) is 4.03. The zero-order valence-electron chi connectivity index (χ0n) is 20.9. The van der Waals surface area contributed by atoms with E-state index in [0.717, 1.165) is 32.2 Å². The van der Waals surface area contributed by atoms with Crippen molar-refractivity contribution >= 4 is 22.5 Å². The maximum absolute atomic E-state index is 13.8. The lowest BCUT2D eigenvalue weighted by molar-refractivity contribution is -0.137. The highest BCUT2D eigenvalue weighted by atomic mass is 19.4. The van der Waals surface area contributed by atoms with Crippen LogP contribution in [0.25, 0.3) is 16.6 Å². The number of pyridine rings is 1. The van der Waals surface area contributed by atoms with E-state index in [1.807, 2.05) is 0 Å². The van der Waals surface area contributed by atoms with Crippen LogP contribution in [0.1, 0.15) is 59.4 Å². The van der Waals surface area contributed by atoms with Gasteiger partial charge in [0, 0.05) is 36.2 Å². The number of halogens is 6. The van der Waals surface area contributed by atoms with Gasteiger partial charge in [0.1, 0.15) is 5.69 Å². The lowest BCUT2D eigenvalue weighted by Gasteiger charge is -2.13. The van der Waals surface area contributed by atoms with Crippen molar-refractivity contribution in [3.05, 3.63) is 88.9 Å². The Hall–Kier alpha value is -4.02. The molecule has 4 rings (SSSR count). The third-order valence-electron chi connectivity index (χ3n) is 6.16. The molecule has 2 aromatic heterocycles. The molecule has 0 aliphatic carbocycles. The molecule has 0 atom stereocenters. The monoisotopic (exact) mass is 547 g/mol. The van der Waals surface area contributed by atoms with E-state index in [2.05, 4.69) is 10.1 Å². The van der Waals surface area contributed by atoms with Crippen molar-refractivity contribution in [1.82, 2.24) is 14.8 Å². The summed E-state index contributed by atoms with van der Waals surface area (Å²) in [6.45, 7) is 2.26. The first-order valence-electron chi connectivity index (χ1n) is 11.9. The lowest BCUT2D eigenvalue weighted by atomic mass is 9.96. The predicted octanol–water partition coefficient (Wildman–Crippen LogP) is 7.05. The number of fused-ring (bicyclic) bond motifs is 1. The van der Waals surface area contributed by atoms with Crippen LogP contribution in [0.15, 0.2) is 60.9 Å². The van der Waals surface area contributed by atoms with E-state index < -0.39 is 41.1 Å². The summed E-state index contributed by atoms with van der Waals surface area (Å²) >= 11 is 0. The summed E-state index contributed by atoms with van der Waals surface area (Å²) < 4.78 is 81.6. The molecule has 0 fully saturated rings. The number of nitrogens with zero attached hydrogens (tertiary/aromatic N) is 3. The minimum atomic E-state index is -4.52. The Morgan fingerprint density at radius 1 is 0.974 bits per heavy atom. The molecule has 0 N–H and O–H groups in total. The summed E-state index contributed by atoms with van der Waals surface area (Å²) in [5.74, 6) is -1.30. The molecular formula is C28H23F6N3O2. The number of carbonyl (C=O) groups is 2. The fraction of sp³-hybridized carbons (Fsp3) is 0.286. The van der Waals surface area contributed by atoms with Crippen LogP contribution in [0, 0.1) is 0 Å². The first kappa shape index (κ1) is 28.0. The molecule has 0 bridgehead atoms. The van der Waals surface area contributed by atoms with Crippen LogP contribution < -0.4 is 0 Å². The number of rotatable bonds is 9. The Balaban J connectivity index is 1.57. The van der Waals surface area contributed by atoms with Gasteiger partial charge in [-0.2, -0.15) is 18.3 Å². The van der Waals surface area contributed by atoms with Crippen molar-refractivity contribution in [3.63, 3.8) is 0 Å². The Morgan fingerprint density at radius 3 is 2.38 bits per heavy atom. The van der Waals surface area contributed by atoms with E-state index in [0.29, 0.717) is 22.0 Å². The first-order valence-corrected chi connectivity index (χ1v) is 11.9. The maximum atomic E-state index is 13.8. The van der Waals surface area contributed by atoms with Gasteiger partial charge in [-0.15, -0.1) is 0 Å². The Kier molecular flexibility index (Phi) is 7.63. The molecule has 0 saturated heterocycles. The quantitative estimate of drug-likeness (QED) is 0.166. The number of Topliss-reactive ketones (excluding diaryl/α,β-unsaturated/α-hetero) is 2. The molecule has 2 aromatic carbocycles. The molecule has 5 nitrogen and oxygen atoms in total. The van der Waals surface area contributed by atoms with Crippen LogP contribution in [0.3, 0.4) is 0 Å². The number of aryl methyl sites for hydroxylation is 1. The van der Waals surface area contributed by atoms with Gasteiger partial charge in [-0.05, 0) is 67.8 Å². The number of carbonyl (C=O) groups excluding carboxylic acids is 2. The first-order chi connectivity index (χ1) is 18.2. The number of hydrogen-bond acceptors (Lipinski definition) is 4. The van der Waals surface area contributed by atoms with Crippen molar-refractivity contribution in [3.8, 4) is 5.69 Å². The summed E-state index contributed by atoms with van der Waals surface area (Å²) in [4.78, 5) is 28.7. The Bertz CT molecular complexity index is 1540. The van der Waals surface area contributed by atoms with Crippen molar-refractivity contribution in [2.24, 2.45) is 0 Å². The zero-order valence-corrected chi connectivity index (χ0v) is 20.9. The van der Waals surface area contributed by atoms with Gasteiger partial charge in [-0.25, -0.2) is 17.9 Å². The third-order valence-corrected chi connectivity index (χ3v) is 6.16. The van der Waals surface area contributed by atoms with Gasteiger partial charge >= 0.3 is 6.18 Å². The number of benzene rings is 2. The molecule has 11 heteroatoms. The lowest BCUT2D eigenvalue weighted by Crippen LogP contribution is -2.26. The Labute approximate surface area is 219 Å². The van der Waals surface area contributed by atoms with E-state index in [-0.39, 0.29) is 30.5 Å². The molecule has 0 spiro atoms. The van der Waals surface area contributed by atoms with Gasteiger partial charge in [0.2, 0.25) is 0 Å². The van der Waals surface area contributed by atoms with Gasteiger partial charge < -0.3 is 0 Å². The smallest absolute Gasteiger partial charge is 0.296 e. The molecule has 0 aliphatic heterocycles. The third kappa shape index (κ3) is 6.52. The van der Waals surface area contributed by atoms with Gasteiger partial charge in [-0.1, -0.05) is 12.1 Å². The normalized spacial score (nSPS) is 12.3. The molecule has 4 aromatic rings. The van der Waals surface area contributed by atoms with Crippen molar-refractivity contribution in [1.29, 1.82) is 0 Å². The molecule has 0 unspecified atom stereocenters. The fourth-order valence-corrected chi connectivity index (χ4v) is 4.03. The van der Waals surface area contributed by atoms with Gasteiger partial charge in [-0.3, -0.25) is 14.6 Å². The molecule has 2 heterocycles. The van der Waals surface area contributed by atoms with Crippen LogP contribution in [0.2, 0.25) is 0 Å². The predicted molar refractivity (Wildman–Crippen MR) is 132 cm³/mol. The average molecular weight is 547 g/mol. The summed E-state index contributed by atoms with van der Waals surface area (Å²) in [7, 11) is 0. The highest BCUT2D eigenvalue weighted by molar-refractivity contribution is 5.99. The molecule has 0 amide bonds. The van der Waals surface area contributed by atoms with E-state index in [9.17, 15) is 35.9 Å². The van der Waals surface area contributed by atoms with Gasteiger partial charge in [0.05, 0.1) is 16.8 Å². The highest BCUT2D eigenvalue weighted by Gasteiger charge is 2.30. The van der Waals surface area contributed by atoms with Crippen molar-refractivity contribution in [2.75, 3.05) is 0 Å². The summed E-state index contributed by atoms with van der Waals surface area (Å²) in [5.41, 5.74) is -2.39. The molecule has 0 aliphatic rings. The van der Waals surface area contributed by atoms with Crippen LogP contribution in [-0.4, -0.2) is 32.0 Å². The zero-order chi connectivity index (χ0) is 28.5. The SMILES string of the molecule is CC(C)(F)C(=O)CCc1cnc(C(F)F)c(C(=O)Cc2ccc3nn(-c4cccc(C(F)(F)F)c4)cc3c2)c1. The minimum Gasteiger partial charge on any atom is -0.296 e. The number of alkyl halides is 6. The molecule has 0 radical (unpaired) electrons. The second kappa shape index (κ2) is 10.6. The minimum absolute atomic E-state index is 0.0314. The summed E-state index contributed by atoms with van der Waals surface area (Å²) in [6, 6.07) is 10.7. The van der Waals surface area contributed by atoms with Crippen molar-refractivity contribution in [2.45, 2.75) is 51.4 Å².